The first-order valence-corrected chi connectivity index (χ1v) is 13.1. The number of hydrogen-bond donors (Lipinski definition) is 1. The molecular formula is C24H36N4O4S. The third-order valence-corrected chi connectivity index (χ3v) is 7.08. The third-order valence-electron chi connectivity index (χ3n) is 5.49. The van der Waals surface area contributed by atoms with Gasteiger partial charge in [0.2, 0.25) is 15.0 Å². The number of sulfone groups is 1. The van der Waals surface area contributed by atoms with Crippen molar-refractivity contribution < 1.29 is 17.9 Å². The first-order chi connectivity index (χ1) is 15.5. The van der Waals surface area contributed by atoms with Crippen LogP contribution < -0.4 is 5.32 Å². The molecule has 1 aliphatic heterocycles. The molecule has 2 heterocycles. The molecule has 2 aromatic rings. The molecular weight excluding hydrogens is 440 g/mol. The van der Waals surface area contributed by atoms with E-state index in [1.807, 2.05) is 52.8 Å². The van der Waals surface area contributed by atoms with Crippen molar-refractivity contribution in [1.82, 2.24) is 19.8 Å². The molecule has 2 amide bonds. The molecule has 1 aromatic carbocycles. The monoisotopic (exact) mass is 476 g/mol. The quantitative estimate of drug-likeness (QED) is 0.626. The zero-order chi connectivity index (χ0) is 24.2. The van der Waals surface area contributed by atoms with Crippen LogP contribution in [0.4, 0.5) is 4.79 Å². The van der Waals surface area contributed by atoms with Gasteiger partial charge in [0, 0.05) is 18.2 Å². The Bertz CT molecular complexity index is 1040. The number of imidazole rings is 1. The Morgan fingerprint density at radius 2 is 1.97 bits per heavy atom. The first-order valence-electron chi connectivity index (χ1n) is 11.5. The average Bonchev–Trinajstić information content (AvgIpc) is 3.35. The maximum atomic E-state index is 13.3. The van der Waals surface area contributed by atoms with Crippen molar-refractivity contribution in [2.75, 3.05) is 6.61 Å². The Labute approximate surface area is 197 Å². The van der Waals surface area contributed by atoms with Gasteiger partial charge in [-0.05, 0) is 53.0 Å². The van der Waals surface area contributed by atoms with Crippen LogP contribution in [-0.2, 0) is 33.4 Å². The van der Waals surface area contributed by atoms with E-state index in [0.29, 0.717) is 24.4 Å². The van der Waals surface area contributed by atoms with Gasteiger partial charge in [-0.1, -0.05) is 30.3 Å². The molecule has 0 spiro atoms. The summed E-state index contributed by atoms with van der Waals surface area (Å²) in [5.74, 6) is -0.131. The highest BCUT2D eigenvalue weighted by Crippen LogP contribution is 2.23. The smallest absolute Gasteiger partial charge is 0.318 e. The van der Waals surface area contributed by atoms with Crippen LogP contribution in [0.2, 0.25) is 0 Å². The van der Waals surface area contributed by atoms with Gasteiger partial charge in [0.25, 0.3) is 0 Å². The average molecular weight is 477 g/mol. The third kappa shape index (κ3) is 6.80. The molecule has 1 fully saturated rings. The van der Waals surface area contributed by atoms with Gasteiger partial charge in [0.15, 0.2) is 0 Å². The lowest BCUT2D eigenvalue weighted by atomic mass is 10.1. The maximum absolute atomic E-state index is 13.3. The van der Waals surface area contributed by atoms with E-state index in [2.05, 4.69) is 10.3 Å². The van der Waals surface area contributed by atoms with Crippen molar-refractivity contribution >= 4 is 15.9 Å². The van der Waals surface area contributed by atoms with Crippen molar-refractivity contribution in [2.24, 2.45) is 0 Å². The fourth-order valence-corrected chi connectivity index (χ4v) is 5.37. The molecule has 0 bridgehead atoms. The van der Waals surface area contributed by atoms with Gasteiger partial charge in [-0.15, -0.1) is 0 Å². The van der Waals surface area contributed by atoms with Crippen LogP contribution in [0.3, 0.4) is 0 Å². The fourth-order valence-electron chi connectivity index (χ4n) is 3.87. The predicted molar refractivity (Wildman–Crippen MR) is 127 cm³/mol. The van der Waals surface area contributed by atoms with E-state index in [0.717, 1.165) is 12.8 Å². The van der Waals surface area contributed by atoms with Crippen molar-refractivity contribution in [3.8, 4) is 0 Å². The summed E-state index contributed by atoms with van der Waals surface area (Å²) in [6.07, 6.45) is 3.33. The SMILES string of the molecule is CC(C)N(Cc1cnc(S(=O)(=O)Cc2ccccc2)n1CC1CCCO1)C(=O)NC(C)(C)C. The lowest BCUT2D eigenvalue weighted by Gasteiger charge is -2.31. The Hall–Kier alpha value is -2.39. The molecule has 182 valence electrons. The Morgan fingerprint density at radius 3 is 2.55 bits per heavy atom. The number of rotatable bonds is 8. The van der Waals surface area contributed by atoms with Gasteiger partial charge < -0.3 is 19.5 Å². The van der Waals surface area contributed by atoms with E-state index < -0.39 is 9.84 Å². The Morgan fingerprint density at radius 1 is 1.27 bits per heavy atom. The molecule has 9 heteroatoms. The van der Waals surface area contributed by atoms with E-state index in [9.17, 15) is 13.2 Å². The van der Waals surface area contributed by atoms with Crippen molar-refractivity contribution in [2.45, 2.75) is 89.1 Å². The number of amides is 2. The molecule has 1 aliphatic rings. The second-order valence-electron chi connectivity index (χ2n) is 9.92. The minimum atomic E-state index is -3.69. The lowest BCUT2D eigenvalue weighted by Crippen LogP contribution is -2.50. The summed E-state index contributed by atoms with van der Waals surface area (Å²) in [5.41, 5.74) is 1.00. The normalized spacial score (nSPS) is 16.8. The molecule has 8 nitrogen and oxygen atoms in total. The number of nitrogens with zero attached hydrogens (tertiary/aromatic N) is 3. The predicted octanol–water partition coefficient (Wildman–Crippen LogP) is 3.75. The topological polar surface area (TPSA) is 93.5 Å². The second kappa shape index (κ2) is 10.3. The molecule has 0 saturated carbocycles. The summed E-state index contributed by atoms with van der Waals surface area (Å²) in [5, 5.41) is 3.02. The van der Waals surface area contributed by atoms with Crippen LogP contribution in [0.1, 0.15) is 58.7 Å². The second-order valence-corrected chi connectivity index (χ2v) is 11.8. The summed E-state index contributed by atoms with van der Waals surface area (Å²) in [6.45, 7) is 11.0. The summed E-state index contributed by atoms with van der Waals surface area (Å²) < 4.78 is 34.2. The number of ether oxygens (including phenoxy) is 1. The minimum Gasteiger partial charge on any atom is -0.376 e. The maximum Gasteiger partial charge on any atom is 0.318 e. The first kappa shape index (κ1) is 25.2. The number of carbonyl (C=O) groups excluding carboxylic acids is 1. The molecule has 0 aliphatic carbocycles. The summed E-state index contributed by atoms with van der Waals surface area (Å²) in [6, 6.07) is 8.81. The number of aromatic nitrogens is 2. The van der Waals surface area contributed by atoms with Gasteiger partial charge in [-0.2, -0.15) is 0 Å². The van der Waals surface area contributed by atoms with Gasteiger partial charge in [0.05, 0.1) is 36.8 Å². The largest absolute Gasteiger partial charge is 0.376 e. The van der Waals surface area contributed by atoms with E-state index in [-0.39, 0.29) is 41.2 Å². The molecule has 0 radical (unpaired) electrons. The van der Waals surface area contributed by atoms with Crippen molar-refractivity contribution in [1.29, 1.82) is 0 Å². The van der Waals surface area contributed by atoms with Gasteiger partial charge >= 0.3 is 6.03 Å². The summed E-state index contributed by atoms with van der Waals surface area (Å²) >= 11 is 0. The summed E-state index contributed by atoms with van der Waals surface area (Å²) in [7, 11) is -3.69. The van der Waals surface area contributed by atoms with Crippen molar-refractivity contribution in [3.05, 3.63) is 47.8 Å². The molecule has 33 heavy (non-hydrogen) atoms. The highest BCUT2D eigenvalue weighted by atomic mass is 32.2. The van der Waals surface area contributed by atoms with Crippen LogP contribution in [0.15, 0.2) is 41.7 Å². The van der Waals surface area contributed by atoms with E-state index in [1.54, 1.807) is 27.8 Å². The molecule has 3 rings (SSSR count). The van der Waals surface area contributed by atoms with Gasteiger partial charge in [-0.25, -0.2) is 18.2 Å². The number of carbonyl (C=O) groups is 1. The van der Waals surface area contributed by atoms with Crippen LogP contribution in [0.5, 0.6) is 0 Å². The number of benzene rings is 1. The van der Waals surface area contributed by atoms with Crippen LogP contribution in [-0.4, -0.2) is 53.2 Å². The number of nitrogens with one attached hydrogen (secondary N) is 1. The van der Waals surface area contributed by atoms with E-state index >= 15 is 0 Å². The van der Waals surface area contributed by atoms with Gasteiger partial charge in [0.1, 0.15) is 0 Å². The molecule has 1 aromatic heterocycles. The standard InChI is InChI=1S/C24H36N4O4S/c1-18(2)27(22(29)26-24(3,4)5)15-20-14-25-23(28(20)16-21-12-9-13-32-21)33(30,31)17-19-10-7-6-8-11-19/h6-8,10-11,14,18,21H,9,12-13,15-17H2,1-5H3,(H,26,29). The van der Waals surface area contributed by atoms with Crippen LogP contribution in [0.25, 0.3) is 0 Å². The Kier molecular flexibility index (Phi) is 7.84. The fraction of sp³-hybridized carbons (Fsp3) is 0.583. The zero-order valence-corrected chi connectivity index (χ0v) is 21.1. The number of urea groups is 1. The van der Waals surface area contributed by atoms with Crippen LogP contribution >= 0.6 is 0 Å². The summed E-state index contributed by atoms with van der Waals surface area (Å²) in [4.78, 5) is 19.0. The lowest BCUT2D eigenvalue weighted by molar-refractivity contribution is 0.0932. The van der Waals surface area contributed by atoms with E-state index in [4.69, 9.17) is 4.74 Å². The molecule has 1 unspecified atom stereocenters. The zero-order valence-electron chi connectivity index (χ0n) is 20.2. The highest BCUT2D eigenvalue weighted by Gasteiger charge is 2.29. The number of hydrogen-bond acceptors (Lipinski definition) is 5. The molecule has 1 N–H and O–H groups in total. The van der Waals surface area contributed by atoms with Gasteiger partial charge in [-0.3, -0.25) is 0 Å². The molecule has 1 saturated heterocycles. The van der Waals surface area contributed by atoms with Crippen LogP contribution in [0, 0.1) is 0 Å². The highest BCUT2D eigenvalue weighted by molar-refractivity contribution is 7.90. The van der Waals surface area contributed by atoms with Crippen molar-refractivity contribution in [3.63, 3.8) is 0 Å². The van der Waals surface area contributed by atoms with E-state index in [1.165, 1.54) is 0 Å². The minimum absolute atomic E-state index is 0.0248. The Balaban J connectivity index is 1.94. The molecule has 1 atom stereocenters.